The van der Waals surface area contributed by atoms with Crippen LogP contribution in [0.4, 0.5) is 0 Å². The van der Waals surface area contributed by atoms with Gasteiger partial charge in [-0.2, -0.15) is 0 Å². The molecule has 0 spiro atoms. The molecule has 3 nitrogen and oxygen atoms in total. The zero-order chi connectivity index (χ0) is 8.36. The summed E-state index contributed by atoms with van der Waals surface area (Å²) in [6, 6.07) is 0. The Balaban J connectivity index is 4.38. The molecule has 0 aliphatic carbocycles. The molecule has 0 aromatic heterocycles. The van der Waals surface area contributed by atoms with E-state index in [0.29, 0.717) is 6.42 Å². The Kier molecular flexibility index (Phi) is 2.84. The van der Waals surface area contributed by atoms with Gasteiger partial charge in [0.05, 0.1) is 5.54 Å². The number of hydrogen-bond acceptors (Lipinski definition) is 2. The number of carbonyl (C=O) groups excluding carboxylic acids is 1. The third-order valence-corrected chi connectivity index (χ3v) is 2.07. The lowest BCUT2D eigenvalue weighted by molar-refractivity contribution is -0.124. The smallest absolute Gasteiger partial charge is 0.237 e. The predicted octanol–water partition coefficient (Wildman–Crippen LogP) is 0.235. The molecule has 3 heteroatoms. The monoisotopic (exact) mass is 144 g/mol. The van der Waals surface area contributed by atoms with Crippen molar-refractivity contribution in [3.8, 4) is 0 Å². The molecule has 0 rings (SSSR count). The molecule has 0 aromatic rings. The van der Waals surface area contributed by atoms with Gasteiger partial charge in [0.2, 0.25) is 5.91 Å². The maximum atomic E-state index is 10.8. The first kappa shape index (κ1) is 9.43. The average molecular weight is 144 g/mol. The molecule has 0 aliphatic heterocycles. The Bertz CT molecular complexity index is 134. The second-order valence-corrected chi connectivity index (χ2v) is 2.91. The van der Waals surface area contributed by atoms with Crippen LogP contribution in [0.5, 0.6) is 0 Å². The standard InChI is InChI=1S/C7H16N2O/c1-4-7(9,5(2)3)6(8)10/h5H,4,9H2,1-3H3,(H2,8,10). The molecule has 0 saturated heterocycles. The number of nitrogens with two attached hydrogens (primary N) is 2. The first-order chi connectivity index (χ1) is 4.45. The van der Waals surface area contributed by atoms with Crippen LogP contribution in [0, 0.1) is 5.92 Å². The largest absolute Gasteiger partial charge is 0.368 e. The minimum atomic E-state index is -0.819. The van der Waals surface area contributed by atoms with Crippen molar-refractivity contribution in [3.63, 3.8) is 0 Å². The molecular formula is C7H16N2O. The molecule has 4 N–H and O–H groups in total. The summed E-state index contributed by atoms with van der Waals surface area (Å²) in [4.78, 5) is 10.8. The van der Waals surface area contributed by atoms with Crippen molar-refractivity contribution in [1.82, 2.24) is 0 Å². The lowest BCUT2D eigenvalue weighted by Crippen LogP contribution is -2.55. The number of rotatable bonds is 3. The highest BCUT2D eigenvalue weighted by Crippen LogP contribution is 2.16. The molecule has 0 bridgehead atoms. The number of hydrogen-bond donors (Lipinski definition) is 2. The van der Waals surface area contributed by atoms with Crippen LogP contribution in [0.15, 0.2) is 0 Å². The molecule has 1 amide bonds. The minimum absolute atomic E-state index is 0.106. The van der Waals surface area contributed by atoms with E-state index in [-0.39, 0.29) is 5.92 Å². The first-order valence-corrected chi connectivity index (χ1v) is 3.54. The van der Waals surface area contributed by atoms with E-state index < -0.39 is 11.4 Å². The van der Waals surface area contributed by atoms with Crippen LogP contribution >= 0.6 is 0 Å². The minimum Gasteiger partial charge on any atom is -0.368 e. The summed E-state index contributed by atoms with van der Waals surface area (Å²) in [5.74, 6) is -0.306. The molecule has 0 radical (unpaired) electrons. The fraction of sp³-hybridized carbons (Fsp3) is 0.857. The van der Waals surface area contributed by atoms with Crippen LogP contribution in [-0.2, 0) is 4.79 Å². The summed E-state index contributed by atoms with van der Waals surface area (Å²) < 4.78 is 0. The van der Waals surface area contributed by atoms with Crippen molar-refractivity contribution in [2.24, 2.45) is 17.4 Å². The molecule has 60 valence electrons. The van der Waals surface area contributed by atoms with Gasteiger partial charge in [0.1, 0.15) is 0 Å². The zero-order valence-electron chi connectivity index (χ0n) is 6.85. The van der Waals surface area contributed by atoms with Crippen molar-refractivity contribution >= 4 is 5.91 Å². The van der Waals surface area contributed by atoms with E-state index in [4.69, 9.17) is 11.5 Å². The van der Waals surface area contributed by atoms with Gasteiger partial charge in [0.25, 0.3) is 0 Å². The summed E-state index contributed by atoms with van der Waals surface area (Å²) in [7, 11) is 0. The van der Waals surface area contributed by atoms with Gasteiger partial charge in [-0.15, -0.1) is 0 Å². The van der Waals surface area contributed by atoms with Gasteiger partial charge in [0.15, 0.2) is 0 Å². The van der Waals surface area contributed by atoms with Crippen LogP contribution in [0.3, 0.4) is 0 Å². The average Bonchev–Trinajstić information content (AvgIpc) is 1.85. The molecular weight excluding hydrogens is 128 g/mol. The SMILES string of the molecule is CCC(N)(C(N)=O)C(C)C. The van der Waals surface area contributed by atoms with Crippen LogP contribution in [-0.4, -0.2) is 11.4 Å². The quantitative estimate of drug-likeness (QED) is 0.595. The maximum absolute atomic E-state index is 10.8. The van der Waals surface area contributed by atoms with Crippen molar-refractivity contribution < 1.29 is 4.79 Å². The normalized spacial score (nSPS) is 16.9. The van der Waals surface area contributed by atoms with E-state index in [0.717, 1.165) is 0 Å². The number of primary amides is 1. The second-order valence-electron chi connectivity index (χ2n) is 2.91. The zero-order valence-corrected chi connectivity index (χ0v) is 6.85. The number of amides is 1. The molecule has 10 heavy (non-hydrogen) atoms. The molecule has 0 fully saturated rings. The van der Waals surface area contributed by atoms with E-state index in [9.17, 15) is 4.79 Å². The number of carbonyl (C=O) groups is 1. The maximum Gasteiger partial charge on any atom is 0.237 e. The lowest BCUT2D eigenvalue weighted by Gasteiger charge is -2.28. The van der Waals surface area contributed by atoms with Crippen molar-refractivity contribution in [3.05, 3.63) is 0 Å². The van der Waals surface area contributed by atoms with Gasteiger partial charge in [-0.1, -0.05) is 20.8 Å². The molecule has 1 unspecified atom stereocenters. The Hall–Kier alpha value is -0.570. The van der Waals surface area contributed by atoms with E-state index in [1.807, 2.05) is 20.8 Å². The first-order valence-electron chi connectivity index (χ1n) is 3.54. The van der Waals surface area contributed by atoms with E-state index in [1.165, 1.54) is 0 Å². The van der Waals surface area contributed by atoms with Crippen LogP contribution < -0.4 is 11.5 Å². The van der Waals surface area contributed by atoms with E-state index in [1.54, 1.807) is 0 Å². The van der Waals surface area contributed by atoms with Crippen molar-refractivity contribution in [2.75, 3.05) is 0 Å². The highest BCUT2D eigenvalue weighted by Gasteiger charge is 2.32. The third kappa shape index (κ3) is 1.48. The van der Waals surface area contributed by atoms with Crippen LogP contribution in [0.1, 0.15) is 27.2 Å². The van der Waals surface area contributed by atoms with E-state index >= 15 is 0 Å². The summed E-state index contributed by atoms with van der Waals surface area (Å²) in [6.45, 7) is 5.66. The molecule has 0 saturated carbocycles. The Morgan fingerprint density at radius 2 is 2.00 bits per heavy atom. The predicted molar refractivity (Wildman–Crippen MR) is 41.2 cm³/mol. The highest BCUT2D eigenvalue weighted by atomic mass is 16.1. The fourth-order valence-electron chi connectivity index (χ4n) is 0.867. The molecule has 1 atom stereocenters. The topological polar surface area (TPSA) is 69.1 Å². The van der Waals surface area contributed by atoms with Crippen molar-refractivity contribution in [2.45, 2.75) is 32.7 Å². The summed E-state index contributed by atoms with van der Waals surface area (Å²) in [6.07, 6.45) is 0.597. The fourth-order valence-corrected chi connectivity index (χ4v) is 0.867. The van der Waals surface area contributed by atoms with Gasteiger partial charge in [-0.3, -0.25) is 4.79 Å². The highest BCUT2D eigenvalue weighted by molar-refractivity contribution is 5.84. The van der Waals surface area contributed by atoms with Gasteiger partial charge >= 0.3 is 0 Å². The van der Waals surface area contributed by atoms with Gasteiger partial charge in [-0.25, -0.2) is 0 Å². The Morgan fingerprint density at radius 3 is 2.00 bits per heavy atom. The van der Waals surface area contributed by atoms with Crippen molar-refractivity contribution in [1.29, 1.82) is 0 Å². The van der Waals surface area contributed by atoms with Gasteiger partial charge in [-0.05, 0) is 12.3 Å². The Labute approximate surface area is 61.8 Å². The van der Waals surface area contributed by atoms with Gasteiger partial charge in [0, 0.05) is 0 Å². The Morgan fingerprint density at radius 1 is 1.60 bits per heavy atom. The molecule has 0 aliphatic rings. The summed E-state index contributed by atoms with van der Waals surface area (Å²) >= 11 is 0. The van der Waals surface area contributed by atoms with Crippen LogP contribution in [0.25, 0.3) is 0 Å². The molecule has 0 aromatic carbocycles. The summed E-state index contributed by atoms with van der Waals surface area (Å²) in [5.41, 5.74) is 10.0. The second kappa shape index (κ2) is 3.01. The molecule has 0 heterocycles. The van der Waals surface area contributed by atoms with Gasteiger partial charge < -0.3 is 11.5 Å². The summed E-state index contributed by atoms with van der Waals surface area (Å²) in [5, 5.41) is 0. The lowest BCUT2D eigenvalue weighted by atomic mass is 9.84. The third-order valence-electron chi connectivity index (χ3n) is 2.07. The van der Waals surface area contributed by atoms with E-state index in [2.05, 4.69) is 0 Å². The van der Waals surface area contributed by atoms with Crippen LogP contribution in [0.2, 0.25) is 0 Å².